The average Bonchev–Trinajstić information content (AvgIpc) is 3.74. The van der Waals surface area contributed by atoms with Gasteiger partial charge in [-0.2, -0.15) is 4.90 Å². The van der Waals surface area contributed by atoms with Crippen molar-refractivity contribution in [3.63, 3.8) is 0 Å². The van der Waals surface area contributed by atoms with E-state index in [0.29, 0.717) is 28.3 Å². The second kappa shape index (κ2) is 20.8. The molecule has 0 bridgehead atoms. The van der Waals surface area contributed by atoms with E-state index in [2.05, 4.69) is 39.4 Å². The summed E-state index contributed by atoms with van der Waals surface area (Å²) in [7, 11) is -6.54. The molecule has 4 aromatic heterocycles. The minimum absolute atomic E-state index is 0.0172. The fourth-order valence-electron chi connectivity index (χ4n) is 4.78. The van der Waals surface area contributed by atoms with Crippen molar-refractivity contribution >= 4 is 72.8 Å². The summed E-state index contributed by atoms with van der Waals surface area (Å²) in [6, 6.07) is 0. The van der Waals surface area contributed by atoms with Gasteiger partial charge in [-0.15, -0.1) is 0 Å². The van der Waals surface area contributed by atoms with E-state index in [4.69, 9.17) is 34.8 Å². The Balaban J connectivity index is 0.000000367. The van der Waals surface area contributed by atoms with Gasteiger partial charge >= 0.3 is 31.7 Å². The summed E-state index contributed by atoms with van der Waals surface area (Å²) in [6.45, 7) is 13.3. The standard InChI is InChI=1S/C24H36N5O8P.C11H14N5O6P/c1-23(2,3)36-21(31)29(22(32)37-24(4,5)6)18-16-17(25-14-26-18)28(15-27-16)12-10-11-13-35-20(19(30)34-7)38(8,9)33;12-8-7-9(14-5-13-8)16(6-15-7)3-1-2-4-22-11(10(17)18)23(19,20)21/h10-11,14-15,20H,12-13H2,1-9H3;1-2,5-6,11H,3-4H2,(H,17,18)(H2,12,13,14)(H2,19,20,21)/b11-10-;2-1-. The number of methoxy groups -OCH3 is 1. The molecule has 0 saturated heterocycles. The van der Waals surface area contributed by atoms with Crippen molar-refractivity contribution in [1.29, 1.82) is 0 Å². The number of nitrogens with zero attached hydrogens (tertiary/aromatic N) is 9. The first kappa shape index (κ1) is 49.7. The molecule has 0 aromatic carbocycles. The second-order valence-electron chi connectivity index (χ2n) is 15.1. The van der Waals surface area contributed by atoms with E-state index in [9.17, 15) is 28.3 Å². The molecule has 5 N–H and O–H groups in total. The Morgan fingerprint density at radius 2 is 1.21 bits per heavy atom. The van der Waals surface area contributed by atoms with Crippen LogP contribution in [0.15, 0.2) is 49.6 Å². The Bertz CT molecular complexity index is 2310. The predicted octanol–water partition coefficient (Wildman–Crippen LogP) is 3.77. The van der Waals surface area contributed by atoms with Gasteiger partial charge in [0.15, 0.2) is 28.4 Å². The number of aromatic nitrogens is 8. The molecular formula is C35H50N10O14P2. The Kier molecular flexibility index (Phi) is 16.9. The third-order valence-electron chi connectivity index (χ3n) is 7.30. The summed E-state index contributed by atoms with van der Waals surface area (Å²) in [4.78, 5) is 91.5. The van der Waals surface area contributed by atoms with Gasteiger partial charge in [0.25, 0.3) is 5.85 Å². The number of hydrogen-bond acceptors (Lipinski definition) is 18. The maximum absolute atomic E-state index is 13.0. The smallest absolute Gasteiger partial charge is 0.425 e. The number of nitrogen functional groups attached to an aromatic ring is 1. The Labute approximate surface area is 349 Å². The first-order chi connectivity index (χ1) is 28.2. The number of imide groups is 1. The van der Waals surface area contributed by atoms with Crippen LogP contribution in [0.2, 0.25) is 0 Å². The number of nitrogens with two attached hydrogens (primary N) is 1. The summed E-state index contributed by atoms with van der Waals surface area (Å²) >= 11 is 0. The zero-order valence-corrected chi connectivity index (χ0v) is 36.7. The van der Waals surface area contributed by atoms with E-state index in [1.807, 2.05) is 0 Å². The maximum Gasteiger partial charge on any atom is 0.425 e. The monoisotopic (exact) mass is 896 g/mol. The number of carbonyl (C=O) groups excluding carboxylic acids is 3. The van der Waals surface area contributed by atoms with Crippen LogP contribution in [0.4, 0.5) is 21.2 Å². The Morgan fingerprint density at radius 3 is 1.66 bits per heavy atom. The van der Waals surface area contributed by atoms with Crippen LogP contribution in [0, 0.1) is 0 Å². The third kappa shape index (κ3) is 14.8. The van der Waals surface area contributed by atoms with Crippen LogP contribution in [0.25, 0.3) is 22.3 Å². The van der Waals surface area contributed by atoms with Gasteiger partial charge in [0.1, 0.15) is 36.5 Å². The van der Waals surface area contributed by atoms with E-state index in [0.717, 1.165) is 0 Å². The van der Waals surface area contributed by atoms with Crippen molar-refractivity contribution in [3.05, 3.63) is 49.6 Å². The minimum Gasteiger partial charge on any atom is -0.479 e. The molecule has 0 aliphatic heterocycles. The molecule has 26 heteroatoms. The number of fused-ring (bicyclic) bond motifs is 2. The van der Waals surface area contributed by atoms with Crippen molar-refractivity contribution in [2.75, 3.05) is 44.3 Å². The highest BCUT2D eigenvalue weighted by molar-refractivity contribution is 7.63. The number of aliphatic carboxylic acids is 1. The minimum atomic E-state index is -4.87. The molecule has 0 aliphatic rings. The highest BCUT2D eigenvalue weighted by atomic mass is 31.2. The van der Waals surface area contributed by atoms with Gasteiger partial charge in [-0.05, 0) is 54.9 Å². The molecule has 4 rings (SSSR count). The topological polar surface area (TPSA) is 326 Å². The number of ether oxygens (including phenoxy) is 5. The molecule has 0 radical (unpaired) electrons. The van der Waals surface area contributed by atoms with Gasteiger partial charge in [0.2, 0.25) is 5.85 Å². The van der Waals surface area contributed by atoms with E-state index in [-0.39, 0.29) is 36.9 Å². The van der Waals surface area contributed by atoms with Gasteiger partial charge in [-0.3, -0.25) is 4.57 Å². The van der Waals surface area contributed by atoms with Crippen LogP contribution in [0.3, 0.4) is 0 Å². The molecule has 0 aliphatic carbocycles. The molecule has 61 heavy (non-hydrogen) atoms. The quantitative estimate of drug-likeness (QED) is 0.0571. The maximum atomic E-state index is 13.0. The van der Waals surface area contributed by atoms with Crippen LogP contribution < -0.4 is 10.6 Å². The van der Waals surface area contributed by atoms with Gasteiger partial charge in [0, 0.05) is 13.1 Å². The van der Waals surface area contributed by atoms with Crippen molar-refractivity contribution < 1.29 is 66.9 Å². The molecular weight excluding hydrogens is 846 g/mol. The van der Waals surface area contributed by atoms with E-state index in [1.165, 1.54) is 51.8 Å². The fraction of sp³-hybridized carbons (Fsp3) is 0.486. The fourth-order valence-corrected chi connectivity index (χ4v) is 6.41. The number of carboxylic acids is 1. The number of amides is 2. The number of allylic oxidation sites excluding steroid dienone is 2. The zero-order valence-electron chi connectivity index (χ0n) is 34.9. The summed E-state index contributed by atoms with van der Waals surface area (Å²) in [5.74, 6) is -5.60. The lowest BCUT2D eigenvalue weighted by Crippen LogP contribution is -2.44. The Hall–Kier alpha value is -5.64. The summed E-state index contributed by atoms with van der Waals surface area (Å²) in [5, 5.41) is 8.68. The highest BCUT2D eigenvalue weighted by Crippen LogP contribution is 2.43. The lowest BCUT2D eigenvalue weighted by Gasteiger charge is -2.28. The lowest BCUT2D eigenvalue weighted by molar-refractivity contribution is -0.148. The molecule has 2 atom stereocenters. The molecule has 0 spiro atoms. The van der Waals surface area contributed by atoms with Crippen LogP contribution >= 0.6 is 14.7 Å². The predicted molar refractivity (Wildman–Crippen MR) is 219 cm³/mol. The molecule has 24 nitrogen and oxygen atoms in total. The summed E-state index contributed by atoms with van der Waals surface area (Å²) in [5.41, 5.74) is 5.40. The van der Waals surface area contributed by atoms with E-state index >= 15 is 0 Å². The van der Waals surface area contributed by atoms with Gasteiger partial charge in [-0.25, -0.2) is 49.1 Å². The highest BCUT2D eigenvalue weighted by Gasteiger charge is 2.37. The molecule has 0 fully saturated rings. The summed E-state index contributed by atoms with van der Waals surface area (Å²) < 4.78 is 52.2. The molecule has 0 saturated carbocycles. The number of anilines is 2. The van der Waals surface area contributed by atoms with E-state index < -0.39 is 61.8 Å². The first-order valence-electron chi connectivity index (χ1n) is 18.0. The molecule has 334 valence electrons. The number of hydrogen-bond donors (Lipinski definition) is 4. The molecule has 4 aromatic rings. The number of carboxylic acid groups (broad SMARTS) is 1. The third-order valence-corrected chi connectivity index (χ3v) is 9.77. The Morgan fingerprint density at radius 1 is 0.754 bits per heavy atom. The van der Waals surface area contributed by atoms with Gasteiger partial charge in [0.05, 0.1) is 33.0 Å². The normalized spacial score (nSPS) is 13.5. The average molecular weight is 897 g/mol. The number of esters is 1. The van der Waals surface area contributed by atoms with Gasteiger partial charge in [-0.1, -0.05) is 24.3 Å². The SMILES string of the molecule is COC(=O)C(OC/C=C\Cn1cnc2c(N(C(=O)OC(C)(C)C)C(=O)OC(C)(C)C)ncnc21)P(C)(C)=O.Nc1ncnc2c1ncn2C/C=C\COC(C(=O)O)P(=O)(O)O. The number of carbonyl (C=O) groups is 4. The second-order valence-corrected chi connectivity index (χ2v) is 20.1. The number of rotatable bonds is 15. The molecule has 4 heterocycles. The van der Waals surface area contributed by atoms with Gasteiger partial charge < -0.3 is 58.0 Å². The first-order valence-corrected chi connectivity index (χ1v) is 22.4. The van der Waals surface area contributed by atoms with Crippen LogP contribution in [-0.2, 0) is 55.5 Å². The molecule has 2 amide bonds. The zero-order chi connectivity index (χ0) is 45.9. The van der Waals surface area contributed by atoms with Crippen molar-refractivity contribution in [2.45, 2.75) is 77.5 Å². The molecule has 2 unspecified atom stereocenters. The lowest BCUT2D eigenvalue weighted by atomic mass is 10.2. The summed E-state index contributed by atoms with van der Waals surface area (Å²) in [6.07, 6.45) is 9.97. The number of imidazole rings is 2. The van der Waals surface area contributed by atoms with Crippen molar-refractivity contribution in [3.8, 4) is 0 Å². The largest absolute Gasteiger partial charge is 0.479 e. The van der Waals surface area contributed by atoms with Crippen LogP contribution in [-0.4, -0.2) is 135 Å². The van der Waals surface area contributed by atoms with E-state index in [1.54, 1.807) is 68.9 Å². The van der Waals surface area contributed by atoms with Crippen molar-refractivity contribution in [1.82, 2.24) is 39.0 Å². The van der Waals surface area contributed by atoms with Crippen LogP contribution in [0.5, 0.6) is 0 Å². The van der Waals surface area contributed by atoms with Crippen molar-refractivity contribution in [2.24, 2.45) is 0 Å². The van der Waals surface area contributed by atoms with Crippen LogP contribution in [0.1, 0.15) is 41.5 Å².